The maximum atomic E-state index is 13.7. The van der Waals surface area contributed by atoms with E-state index in [1.165, 1.54) is 19.3 Å². The number of esters is 1. The summed E-state index contributed by atoms with van der Waals surface area (Å²) in [6.07, 6.45) is 5.12. The monoisotopic (exact) mass is 604 g/mol. The number of carbonyl (C=O) groups is 1. The highest BCUT2D eigenvalue weighted by Gasteiger charge is 2.65. The number of ether oxygens (including phenoxy) is 1. The molecule has 0 heterocycles. The van der Waals surface area contributed by atoms with Gasteiger partial charge in [-0.1, -0.05) is 66.2 Å². The molecule has 1 unspecified atom stereocenters. The lowest BCUT2D eigenvalue weighted by Crippen LogP contribution is -2.59. The Hall–Kier alpha value is -1.56. The topological polar surface area (TPSA) is 46.5 Å². The molecule has 5 rings (SSSR count). The first-order chi connectivity index (χ1) is 20.0. The molecule has 4 aliphatic rings. The van der Waals surface area contributed by atoms with Gasteiger partial charge in [-0.15, -0.1) is 0 Å². The predicted molar refractivity (Wildman–Crippen MR) is 164 cm³/mol. The lowest BCUT2D eigenvalue weighted by Gasteiger charge is -2.62. The van der Waals surface area contributed by atoms with E-state index in [4.69, 9.17) is 4.74 Å². The van der Waals surface area contributed by atoms with E-state index in [0.29, 0.717) is 41.6 Å². The first-order valence-corrected chi connectivity index (χ1v) is 17.0. The Labute approximate surface area is 257 Å². The van der Waals surface area contributed by atoms with Crippen LogP contribution >= 0.6 is 0 Å². The minimum Gasteiger partial charge on any atom is -0.458 e. The molecule has 4 saturated carbocycles. The van der Waals surface area contributed by atoms with Crippen LogP contribution in [0.3, 0.4) is 0 Å². The highest BCUT2D eigenvalue weighted by Crippen LogP contribution is 2.69. The van der Waals surface area contributed by atoms with Crippen molar-refractivity contribution in [3.05, 3.63) is 35.9 Å². The highest BCUT2D eigenvalue weighted by molar-refractivity contribution is 5.89. The zero-order valence-electron chi connectivity index (χ0n) is 27.3. The van der Waals surface area contributed by atoms with Crippen LogP contribution < -0.4 is 0 Å². The zero-order valence-corrected chi connectivity index (χ0v) is 27.3. The molecule has 4 fully saturated rings. The third-order valence-corrected chi connectivity index (χ3v) is 13.4. The van der Waals surface area contributed by atoms with Gasteiger partial charge in [-0.25, -0.2) is 4.79 Å². The van der Waals surface area contributed by atoms with Gasteiger partial charge in [-0.05, 0) is 135 Å². The first kappa shape index (κ1) is 32.8. The van der Waals surface area contributed by atoms with Gasteiger partial charge in [-0.2, -0.15) is 13.2 Å². The van der Waals surface area contributed by atoms with Gasteiger partial charge in [0.1, 0.15) is 6.10 Å². The molecule has 242 valence electrons. The molecule has 4 aliphatic carbocycles. The summed E-state index contributed by atoms with van der Waals surface area (Å²) in [5, 5.41) is 10.5. The van der Waals surface area contributed by atoms with Crippen molar-refractivity contribution >= 4 is 5.97 Å². The van der Waals surface area contributed by atoms with E-state index in [0.717, 1.165) is 38.5 Å². The molecule has 0 bridgehead atoms. The molecule has 0 spiro atoms. The fourth-order valence-electron chi connectivity index (χ4n) is 10.7. The Morgan fingerprint density at radius 1 is 0.930 bits per heavy atom. The summed E-state index contributed by atoms with van der Waals surface area (Å²) in [5.74, 6) is 2.67. The molecular formula is C37H55F3O3. The molecule has 43 heavy (non-hydrogen) atoms. The number of rotatable bonds is 7. The van der Waals surface area contributed by atoms with Crippen molar-refractivity contribution in [2.24, 2.45) is 51.8 Å². The third-order valence-electron chi connectivity index (χ3n) is 13.4. The number of alkyl halides is 3. The predicted octanol–water partition coefficient (Wildman–Crippen LogP) is 10.0. The molecule has 1 N–H and O–H groups in total. The number of hydrogen-bond donors (Lipinski definition) is 1. The lowest BCUT2D eigenvalue weighted by atomic mass is 9.43. The summed E-state index contributed by atoms with van der Waals surface area (Å²) in [7, 11) is 0. The Morgan fingerprint density at radius 3 is 2.26 bits per heavy atom. The van der Waals surface area contributed by atoms with Crippen molar-refractivity contribution in [1.82, 2.24) is 0 Å². The fourth-order valence-corrected chi connectivity index (χ4v) is 10.7. The molecular weight excluding hydrogens is 549 g/mol. The van der Waals surface area contributed by atoms with Gasteiger partial charge in [0.2, 0.25) is 0 Å². The summed E-state index contributed by atoms with van der Waals surface area (Å²) in [6, 6.07) is 9.24. The maximum absolute atomic E-state index is 13.7. The molecule has 0 saturated heterocycles. The van der Waals surface area contributed by atoms with Gasteiger partial charge in [0.15, 0.2) is 5.60 Å². The van der Waals surface area contributed by atoms with E-state index in [2.05, 4.69) is 41.5 Å². The maximum Gasteiger partial charge on any atom is 0.417 e. The van der Waals surface area contributed by atoms with Gasteiger partial charge in [0, 0.05) is 0 Å². The molecule has 0 radical (unpaired) electrons. The van der Waals surface area contributed by atoms with Crippen molar-refractivity contribution in [3.63, 3.8) is 0 Å². The van der Waals surface area contributed by atoms with E-state index in [9.17, 15) is 23.1 Å². The van der Waals surface area contributed by atoms with Gasteiger partial charge >= 0.3 is 12.1 Å². The van der Waals surface area contributed by atoms with E-state index in [-0.39, 0.29) is 47.1 Å². The van der Waals surface area contributed by atoms with Crippen molar-refractivity contribution in [2.45, 2.75) is 136 Å². The summed E-state index contributed by atoms with van der Waals surface area (Å²) in [6.45, 7) is 13.6. The molecule has 1 aromatic rings. The van der Waals surface area contributed by atoms with Gasteiger partial charge in [0.05, 0.1) is 5.56 Å². The quantitative estimate of drug-likeness (QED) is 0.315. The van der Waals surface area contributed by atoms with Crippen LogP contribution in [0, 0.1) is 51.8 Å². The van der Waals surface area contributed by atoms with Gasteiger partial charge in [-0.3, -0.25) is 0 Å². The van der Waals surface area contributed by atoms with E-state index < -0.39 is 11.8 Å². The van der Waals surface area contributed by atoms with Crippen LogP contribution in [0.5, 0.6) is 0 Å². The van der Waals surface area contributed by atoms with Crippen LogP contribution in [0.4, 0.5) is 13.2 Å². The number of aliphatic hydroxyl groups is 1. The van der Waals surface area contributed by atoms with Crippen molar-refractivity contribution < 1.29 is 27.8 Å². The lowest BCUT2D eigenvalue weighted by molar-refractivity contribution is -0.290. The van der Waals surface area contributed by atoms with Crippen LogP contribution in [-0.2, 0) is 4.74 Å². The fraction of sp³-hybridized carbons (Fsp3) is 0.811. The van der Waals surface area contributed by atoms with Crippen LogP contribution in [0.25, 0.3) is 0 Å². The average Bonchev–Trinajstić information content (AvgIpc) is 3.29. The molecule has 0 amide bonds. The van der Waals surface area contributed by atoms with Gasteiger partial charge < -0.3 is 9.84 Å². The smallest absolute Gasteiger partial charge is 0.417 e. The van der Waals surface area contributed by atoms with Gasteiger partial charge in [0.25, 0.3) is 0 Å². The standard InChI is InChI=1S/C37H55F3O3/c1-24(11-10-14-31(33(2,3)4)43-32(41)25-12-8-7-9-13-25)28-17-18-29-27-16-15-26-23-36(42,37(38,39)40)22-21-34(26,5)30(27)19-20-35(28,29)6/h7-9,12-13,24,26-31,42H,10-11,14-23H2,1-6H3/t24-,26-,27-,28-,29-,30?,31+,34-,35+,36-/m0/s1. The van der Waals surface area contributed by atoms with Crippen molar-refractivity contribution in [3.8, 4) is 0 Å². The number of hydrogen-bond acceptors (Lipinski definition) is 3. The Bertz CT molecular complexity index is 1130. The molecule has 0 aromatic heterocycles. The highest BCUT2D eigenvalue weighted by atomic mass is 19.4. The zero-order chi connectivity index (χ0) is 31.4. The van der Waals surface area contributed by atoms with E-state index >= 15 is 0 Å². The minimum absolute atomic E-state index is 0.0404. The summed E-state index contributed by atoms with van der Waals surface area (Å²) < 4.78 is 47.2. The molecule has 1 aromatic carbocycles. The molecule has 6 heteroatoms. The number of halogens is 3. The second-order valence-corrected chi connectivity index (χ2v) is 16.7. The van der Waals surface area contributed by atoms with Crippen molar-refractivity contribution in [1.29, 1.82) is 0 Å². The van der Waals surface area contributed by atoms with Crippen LogP contribution in [0.15, 0.2) is 30.3 Å². The molecule has 10 atom stereocenters. The first-order valence-electron chi connectivity index (χ1n) is 17.0. The average molecular weight is 605 g/mol. The van der Waals surface area contributed by atoms with Crippen LogP contribution in [0.2, 0.25) is 0 Å². The van der Waals surface area contributed by atoms with Crippen molar-refractivity contribution in [2.75, 3.05) is 0 Å². The third kappa shape index (κ3) is 6.04. The SMILES string of the molecule is C[C@@H](CCC[C@@H](OC(=O)c1ccccc1)C(C)(C)C)[C@@H]1CC[C@H]2[C@@H]3CC[C@H]4C[C@](O)(C(F)(F)F)CC[C@]4(C)C3CC[C@@]21C. The Morgan fingerprint density at radius 2 is 1.60 bits per heavy atom. The molecule has 3 nitrogen and oxygen atoms in total. The molecule has 0 aliphatic heterocycles. The second kappa shape index (κ2) is 11.7. The largest absolute Gasteiger partial charge is 0.458 e. The second-order valence-electron chi connectivity index (χ2n) is 16.7. The normalized spacial score (nSPS) is 39.3. The number of carbonyl (C=O) groups excluding carboxylic acids is 1. The van der Waals surface area contributed by atoms with E-state index in [1.807, 2.05) is 18.2 Å². The van der Waals surface area contributed by atoms with Crippen LogP contribution in [0.1, 0.15) is 129 Å². The Balaban J connectivity index is 1.20. The summed E-state index contributed by atoms with van der Waals surface area (Å²) >= 11 is 0. The summed E-state index contributed by atoms with van der Waals surface area (Å²) in [5.41, 5.74) is -1.86. The minimum atomic E-state index is -4.54. The summed E-state index contributed by atoms with van der Waals surface area (Å²) in [4.78, 5) is 12.8. The Kier molecular flexibility index (Phi) is 8.90. The van der Waals surface area contributed by atoms with E-state index in [1.54, 1.807) is 12.1 Å². The van der Waals surface area contributed by atoms with Crippen LogP contribution in [-0.4, -0.2) is 29.0 Å². The number of fused-ring (bicyclic) bond motifs is 5. The number of benzene rings is 1.